The van der Waals surface area contributed by atoms with Crippen LogP contribution in [0, 0.1) is 22.7 Å². The van der Waals surface area contributed by atoms with Gasteiger partial charge in [0.15, 0.2) is 0 Å². The van der Waals surface area contributed by atoms with Crippen LogP contribution >= 0.6 is 0 Å². The lowest BCUT2D eigenvalue weighted by Gasteiger charge is -2.60. The summed E-state index contributed by atoms with van der Waals surface area (Å²) in [5, 5.41) is 1.38. The minimum Gasteiger partial charge on any atom is -0.338 e. The molecule has 2 aliphatic carbocycles. The molecule has 2 heteroatoms. The Kier molecular flexibility index (Phi) is 2.87. The highest BCUT2D eigenvalue weighted by atomic mass is 16.1. The van der Waals surface area contributed by atoms with Gasteiger partial charge in [-0.15, -0.1) is 0 Å². The zero-order valence-electron chi connectivity index (χ0n) is 15.9. The van der Waals surface area contributed by atoms with Gasteiger partial charge in [-0.1, -0.05) is 39.0 Å². The van der Waals surface area contributed by atoms with Crippen LogP contribution in [0.4, 0.5) is 0 Å². The lowest BCUT2D eigenvalue weighted by molar-refractivity contribution is -0.154. The summed E-state index contributed by atoms with van der Waals surface area (Å²) in [4.78, 5) is 12.6. The predicted molar refractivity (Wildman–Crippen MR) is 102 cm³/mol. The second-order valence-electron chi connectivity index (χ2n) is 9.89. The minimum absolute atomic E-state index is 0.159. The molecule has 0 unspecified atom stereocenters. The van der Waals surface area contributed by atoms with Crippen LogP contribution in [0.25, 0.3) is 10.9 Å². The Morgan fingerprint density at radius 2 is 1.80 bits per heavy atom. The van der Waals surface area contributed by atoms with Crippen LogP contribution in [-0.4, -0.2) is 10.4 Å². The van der Waals surface area contributed by atoms with E-state index >= 15 is 0 Å². The van der Waals surface area contributed by atoms with Crippen molar-refractivity contribution in [2.24, 2.45) is 22.7 Å². The highest BCUT2D eigenvalue weighted by Crippen LogP contribution is 2.65. The molecule has 4 atom stereocenters. The van der Waals surface area contributed by atoms with E-state index in [0.717, 1.165) is 12.8 Å². The third-order valence-electron chi connectivity index (χ3n) is 8.47. The van der Waals surface area contributed by atoms with Crippen molar-refractivity contribution in [3.63, 3.8) is 0 Å². The second kappa shape index (κ2) is 4.58. The quantitative estimate of drug-likeness (QED) is 0.637. The van der Waals surface area contributed by atoms with Crippen LogP contribution in [-0.2, 0) is 16.8 Å². The third kappa shape index (κ3) is 1.74. The number of carbonyl (C=O) groups is 1. The fourth-order valence-corrected chi connectivity index (χ4v) is 7.22. The normalized spacial score (nSPS) is 39.1. The zero-order chi connectivity index (χ0) is 17.6. The molecule has 2 fully saturated rings. The van der Waals surface area contributed by atoms with Crippen molar-refractivity contribution in [1.82, 2.24) is 4.57 Å². The molecule has 0 spiro atoms. The van der Waals surface area contributed by atoms with Gasteiger partial charge in [0.05, 0.1) is 0 Å². The lowest BCUT2D eigenvalue weighted by Crippen LogP contribution is -2.58. The highest BCUT2D eigenvalue weighted by molar-refractivity contribution is 5.86. The molecule has 2 aromatic rings. The fraction of sp³-hybridized carbons (Fsp3) is 0.609. The molecular formula is C23H29NO. The third-order valence-corrected chi connectivity index (χ3v) is 8.47. The van der Waals surface area contributed by atoms with Gasteiger partial charge in [0.2, 0.25) is 0 Å². The largest absolute Gasteiger partial charge is 0.338 e. The summed E-state index contributed by atoms with van der Waals surface area (Å²) in [5.74, 6) is 1.66. The Morgan fingerprint density at radius 1 is 1.04 bits per heavy atom. The Labute approximate surface area is 150 Å². The van der Waals surface area contributed by atoms with Crippen LogP contribution in [0.1, 0.15) is 59.1 Å². The minimum atomic E-state index is -0.159. The molecule has 2 nitrogen and oxygen atoms in total. The first kappa shape index (κ1) is 15.7. The maximum Gasteiger partial charge on any atom is 0.138 e. The standard InChI is InChI=1S/C23H29NO/c1-21(2)18-9-12-23(4)19(22(18,3)11-10-20(21)25)14-16-13-15-7-5-6-8-17(15)24(16)23/h5-8,13,18-19H,9-12,14H2,1-4H3/t18-,19-,22+,23+/m1/s1. The molecule has 0 saturated heterocycles. The van der Waals surface area contributed by atoms with E-state index in [2.05, 4.69) is 62.6 Å². The number of aromatic nitrogens is 1. The van der Waals surface area contributed by atoms with Crippen LogP contribution in [0.3, 0.4) is 0 Å². The molecule has 132 valence electrons. The van der Waals surface area contributed by atoms with Gasteiger partial charge in [-0.2, -0.15) is 0 Å². The van der Waals surface area contributed by atoms with E-state index < -0.39 is 0 Å². The van der Waals surface area contributed by atoms with E-state index in [1.807, 2.05) is 0 Å². The number of hydrogen-bond acceptors (Lipinski definition) is 1. The summed E-state index contributed by atoms with van der Waals surface area (Å²) in [5.41, 5.74) is 3.21. The first-order chi connectivity index (χ1) is 11.8. The van der Waals surface area contributed by atoms with E-state index in [9.17, 15) is 4.79 Å². The molecule has 3 aliphatic rings. The summed E-state index contributed by atoms with van der Waals surface area (Å²) < 4.78 is 2.66. The average Bonchev–Trinajstić information content (AvgIpc) is 3.07. The van der Waals surface area contributed by atoms with E-state index in [0.29, 0.717) is 17.6 Å². The number of hydrogen-bond donors (Lipinski definition) is 0. The molecule has 25 heavy (non-hydrogen) atoms. The van der Waals surface area contributed by atoms with Crippen molar-refractivity contribution in [1.29, 1.82) is 0 Å². The number of fused-ring (bicyclic) bond motifs is 7. The van der Waals surface area contributed by atoms with Crippen LogP contribution in [0.15, 0.2) is 30.3 Å². The summed E-state index contributed by atoms with van der Waals surface area (Å²) in [7, 11) is 0. The van der Waals surface area contributed by atoms with Gasteiger partial charge >= 0.3 is 0 Å². The van der Waals surface area contributed by atoms with E-state index in [4.69, 9.17) is 0 Å². The Morgan fingerprint density at radius 3 is 2.60 bits per heavy atom. The number of Topliss-reactive ketones (excluding diaryl/α,β-unsaturated/α-hetero) is 1. The fourth-order valence-electron chi connectivity index (χ4n) is 7.22. The molecule has 2 heterocycles. The summed E-state index contributed by atoms with van der Waals surface area (Å²) in [6.07, 6.45) is 5.38. The molecule has 0 N–H and O–H groups in total. The van der Waals surface area contributed by atoms with E-state index in [-0.39, 0.29) is 16.4 Å². The number of rotatable bonds is 0. The monoisotopic (exact) mass is 335 g/mol. The number of para-hydroxylation sites is 1. The number of ketones is 1. The first-order valence-electron chi connectivity index (χ1n) is 9.92. The highest BCUT2D eigenvalue weighted by Gasteiger charge is 2.63. The molecule has 1 aromatic carbocycles. The van der Waals surface area contributed by atoms with E-state index in [1.54, 1.807) is 0 Å². The van der Waals surface area contributed by atoms with Gasteiger partial charge < -0.3 is 4.57 Å². The van der Waals surface area contributed by atoms with Crippen molar-refractivity contribution in [3.05, 3.63) is 36.0 Å². The molecule has 2 saturated carbocycles. The number of benzene rings is 1. The molecule has 0 bridgehead atoms. The molecular weight excluding hydrogens is 306 g/mol. The molecule has 0 radical (unpaired) electrons. The van der Waals surface area contributed by atoms with Crippen molar-refractivity contribution in [3.8, 4) is 0 Å². The summed E-state index contributed by atoms with van der Waals surface area (Å²) >= 11 is 0. The molecule has 5 rings (SSSR count). The van der Waals surface area contributed by atoms with Crippen molar-refractivity contribution >= 4 is 16.7 Å². The van der Waals surface area contributed by atoms with Crippen LogP contribution in [0.2, 0.25) is 0 Å². The maximum atomic E-state index is 12.6. The van der Waals surface area contributed by atoms with Crippen molar-refractivity contribution in [2.45, 2.75) is 65.3 Å². The lowest BCUT2D eigenvalue weighted by atomic mass is 9.45. The molecule has 0 amide bonds. The smallest absolute Gasteiger partial charge is 0.138 e. The Bertz CT molecular complexity index is 891. The van der Waals surface area contributed by atoms with Gasteiger partial charge in [0.25, 0.3) is 0 Å². The van der Waals surface area contributed by atoms with Gasteiger partial charge in [-0.05, 0) is 67.4 Å². The molecule has 1 aliphatic heterocycles. The van der Waals surface area contributed by atoms with Gasteiger partial charge in [0.1, 0.15) is 5.78 Å². The zero-order valence-corrected chi connectivity index (χ0v) is 15.9. The topological polar surface area (TPSA) is 22.0 Å². The summed E-state index contributed by atoms with van der Waals surface area (Å²) in [6.45, 7) is 9.42. The van der Waals surface area contributed by atoms with Crippen LogP contribution in [0.5, 0.6) is 0 Å². The van der Waals surface area contributed by atoms with Gasteiger partial charge in [0, 0.05) is 28.6 Å². The molecule has 1 aromatic heterocycles. The van der Waals surface area contributed by atoms with E-state index in [1.165, 1.54) is 35.9 Å². The summed E-state index contributed by atoms with van der Waals surface area (Å²) in [6, 6.07) is 11.3. The van der Waals surface area contributed by atoms with Crippen molar-refractivity contribution in [2.75, 3.05) is 0 Å². The first-order valence-corrected chi connectivity index (χ1v) is 9.92. The van der Waals surface area contributed by atoms with Gasteiger partial charge in [-0.3, -0.25) is 4.79 Å². The maximum absolute atomic E-state index is 12.6. The Hall–Kier alpha value is -1.57. The average molecular weight is 335 g/mol. The van der Waals surface area contributed by atoms with Crippen LogP contribution < -0.4 is 0 Å². The SMILES string of the molecule is CC1(C)C(=O)CC[C@@]2(C)[C@@H]1CC[C@@]1(C)[C@@H]2Cc2cc3ccccc3n21. The second-order valence-corrected chi connectivity index (χ2v) is 9.89. The predicted octanol–water partition coefficient (Wildman–Crippen LogP) is 5.33. The van der Waals surface area contributed by atoms with Crippen molar-refractivity contribution < 1.29 is 4.79 Å². The van der Waals surface area contributed by atoms with Gasteiger partial charge in [-0.25, -0.2) is 0 Å². The number of nitrogens with zero attached hydrogens (tertiary/aromatic N) is 1. The Balaban J connectivity index is 1.66. The number of carbonyl (C=O) groups excluding carboxylic acids is 1.